The summed E-state index contributed by atoms with van der Waals surface area (Å²) in [5, 5.41) is 23.3. The van der Waals surface area contributed by atoms with Crippen molar-refractivity contribution in [3.63, 3.8) is 0 Å². The Bertz CT molecular complexity index is 1250. The third kappa shape index (κ3) is 63.1. The second-order valence-corrected chi connectivity index (χ2v) is 23.9. The monoisotopic (exact) mass is 1080 g/mol. The number of carbonyl (C=O) groups excluding carboxylic acids is 2. The number of rotatable bonds is 65. The quantitative estimate of drug-likeness (QED) is 0.0320. The van der Waals surface area contributed by atoms with Gasteiger partial charge in [0.1, 0.15) is 0 Å². The third-order valence-electron chi connectivity index (χ3n) is 16.1. The van der Waals surface area contributed by atoms with Gasteiger partial charge in [0.25, 0.3) is 0 Å². The smallest absolute Gasteiger partial charge is 0.305 e. The molecule has 0 fully saturated rings. The van der Waals surface area contributed by atoms with Crippen LogP contribution >= 0.6 is 0 Å². The number of aliphatic hydroxyl groups is 2. The van der Waals surface area contributed by atoms with Gasteiger partial charge in [-0.05, 0) is 57.8 Å². The van der Waals surface area contributed by atoms with Gasteiger partial charge in [0.15, 0.2) is 0 Å². The summed E-state index contributed by atoms with van der Waals surface area (Å²) < 4.78 is 5.47. The van der Waals surface area contributed by atoms with Crippen LogP contribution in [0.1, 0.15) is 380 Å². The summed E-state index contributed by atoms with van der Waals surface area (Å²) in [6.45, 7) is 4.87. The van der Waals surface area contributed by atoms with Crippen LogP contribution < -0.4 is 5.32 Å². The number of unbranched alkanes of at least 4 members (excludes halogenated alkanes) is 50. The van der Waals surface area contributed by atoms with E-state index in [9.17, 15) is 19.8 Å². The minimum atomic E-state index is -0.845. The molecular formula is C71H135NO5. The lowest BCUT2D eigenvalue weighted by Gasteiger charge is -2.20. The van der Waals surface area contributed by atoms with Crippen molar-refractivity contribution in [3.8, 4) is 0 Å². The maximum atomic E-state index is 12.5. The lowest BCUT2D eigenvalue weighted by molar-refractivity contribution is -0.143. The molecule has 0 heterocycles. The molecule has 454 valence electrons. The first-order valence-electron chi connectivity index (χ1n) is 34.8. The first-order valence-corrected chi connectivity index (χ1v) is 34.8. The first-order chi connectivity index (χ1) is 38.0. The zero-order valence-electron chi connectivity index (χ0n) is 52.0. The highest BCUT2D eigenvalue weighted by Crippen LogP contribution is 2.19. The Kier molecular flexibility index (Phi) is 64.9. The molecule has 0 saturated carbocycles. The van der Waals surface area contributed by atoms with Gasteiger partial charge in [0, 0.05) is 12.8 Å². The molecule has 0 aromatic heterocycles. The summed E-state index contributed by atoms with van der Waals surface area (Å²) in [6, 6.07) is -0.629. The molecule has 2 unspecified atom stereocenters. The van der Waals surface area contributed by atoms with E-state index < -0.39 is 12.1 Å². The molecule has 1 amide bonds. The maximum Gasteiger partial charge on any atom is 0.305 e. The summed E-state index contributed by atoms with van der Waals surface area (Å²) in [6.07, 6.45) is 85.0. The van der Waals surface area contributed by atoms with Crippen LogP contribution in [0.4, 0.5) is 0 Å². The second kappa shape index (κ2) is 66.6. The Morgan fingerprint density at radius 3 is 1.04 bits per heavy atom. The van der Waals surface area contributed by atoms with Crippen molar-refractivity contribution >= 4 is 11.9 Å². The Hall–Kier alpha value is -1.92. The maximum absolute atomic E-state index is 12.5. The average Bonchev–Trinajstić information content (AvgIpc) is 3.43. The highest BCUT2D eigenvalue weighted by atomic mass is 16.5. The van der Waals surface area contributed by atoms with Gasteiger partial charge in [-0.25, -0.2) is 0 Å². The van der Waals surface area contributed by atoms with Crippen molar-refractivity contribution < 1.29 is 24.5 Å². The predicted octanol–water partition coefficient (Wildman–Crippen LogP) is 22.3. The SMILES string of the molecule is CCC/C=C\C/C=C\CCCCCCCC(=O)OCCCCCCCCCCCCCCCCCCCCCCCCCCC(=O)NC(CO)C(O)/C=C/CCCCCCCCCCCCCCCCCCCCCCC. The number of hydrogen-bond donors (Lipinski definition) is 3. The van der Waals surface area contributed by atoms with E-state index in [0.29, 0.717) is 19.4 Å². The van der Waals surface area contributed by atoms with Gasteiger partial charge < -0.3 is 20.3 Å². The number of esters is 1. The van der Waals surface area contributed by atoms with Crippen LogP contribution in [0.3, 0.4) is 0 Å². The predicted molar refractivity (Wildman–Crippen MR) is 338 cm³/mol. The third-order valence-corrected chi connectivity index (χ3v) is 16.1. The number of aliphatic hydroxyl groups excluding tert-OH is 2. The molecule has 2 atom stereocenters. The Balaban J connectivity index is 3.40. The van der Waals surface area contributed by atoms with E-state index in [2.05, 4.69) is 43.5 Å². The highest BCUT2D eigenvalue weighted by Gasteiger charge is 2.18. The normalized spacial score (nSPS) is 12.7. The summed E-state index contributed by atoms with van der Waals surface area (Å²) in [5.74, 6) is -0.0631. The molecule has 0 aromatic carbocycles. The molecule has 0 rings (SSSR count). The topological polar surface area (TPSA) is 95.9 Å². The van der Waals surface area contributed by atoms with Gasteiger partial charge in [-0.3, -0.25) is 9.59 Å². The standard InChI is InChI=1S/C71H135NO5/c1-3-5-7-9-11-13-15-17-18-19-20-21-24-27-30-33-36-40-43-47-51-55-59-63-69(74)68(67-73)72-70(75)64-60-56-52-48-44-41-37-34-31-28-25-22-23-26-29-32-35-38-42-46-50-54-58-62-66-77-71(76)65-61-57-53-49-45-39-16-14-12-10-8-6-4-2/h8,10,14,16,59,63,68-69,73-74H,3-7,9,11-13,15,17-58,60-62,64-67H2,1-2H3,(H,72,75)/b10-8-,16-14-,63-59+. The van der Waals surface area contributed by atoms with Crippen molar-refractivity contribution in [1.82, 2.24) is 5.32 Å². The second-order valence-electron chi connectivity index (χ2n) is 23.9. The molecule has 0 spiro atoms. The molecule has 0 radical (unpaired) electrons. The Labute approximate surface area is 481 Å². The van der Waals surface area contributed by atoms with E-state index in [0.717, 1.165) is 51.4 Å². The number of allylic oxidation sites excluding steroid dienone is 5. The molecule has 0 aliphatic carbocycles. The van der Waals surface area contributed by atoms with Gasteiger partial charge in [0.05, 0.1) is 25.4 Å². The summed E-state index contributed by atoms with van der Waals surface area (Å²) in [4.78, 5) is 24.6. The lowest BCUT2D eigenvalue weighted by atomic mass is 10.0. The molecular weight excluding hydrogens is 947 g/mol. The van der Waals surface area contributed by atoms with Crippen LogP contribution in [0, 0.1) is 0 Å². The van der Waals surface area contributed by atoms with Crippen LogP contribution in [0.25, 0.3) is 0 Å². The van der Waals surface area contributed by atoms with Gasteiger partial charge in [-0.15, -0.1) is 0 Å². The van der Waals surface area contributed by atoms with Crippen LogP contribution in [-0.4, -0.2) is 47.4 Å². The van der Waals surface area contributed by atoms with Gasteiger partial charge in [0.2, 0.25) is 5.91 Å². The number of nitrogens with one attached hydrogen (secondary N) is 1. The van der Waals surface area contributed by atoms with E-state index in [1.807, 2.05) is 6.08 Å². The minimum absolute atomic E-state index is 0.0000180. The summed E-state index contributed by atoms with van der Waals surface area (Å²) in [5.41, 5.74) is 0. The number of hydrogen-bond acceptors (Lipinski definition) is 5. The summed E-state index contributed by atoms with van der Waals surface area (Å²) in [7, 11) is 0. The van der Waals surface area contributed by atoms with Crippen LogP contribution in [0.2, 0.25) is 0 Å². The minimum Gasteiger partial charge on any atom is -0.466 e. The average molecular weight is 1080 g/mol. The fraction of sp³-hybridized carbons (Fsp3) is 0.887. The van der Waals surface area contributed by atoms with E-state index in [4.69, 9.17) is 4.74 Å². The molecule has 0 saturated heterocycles. The zero-order chi connectivity index (χ0) is 55.7. The molecule has 77 heavy (non-hydrogen) atoms. The summed E-state index contributed by atoms with van der Waals surface area (Å²) >= 11 is 0. The number of amides is 1. The molecule has 0 bridgehead atoms. The Morgan fingerprint density at radius 1 is 0.364 bits per heavy atom. The van der Waals surface area contributed by atoms with Crippen molar-refractivity contribution in [3.05, 3.63) is 36.5 Å². The van der Waals surface area contributed by atoms with Crippen molar-refractivity contribution in [2.24, 2.45) is 0 Å². The largest absolute Gasteiger partial charge is 0.466 e. The molecule has 6 nitrogen and oxygen atoms in total. The molecule has 0 aliphatic heterocycles. The fourth-order valence-electron chi connectivity index (χ4n) is 10.9. The Morgan fingerprint density at radius 2 is 0.675 bits per heavy atom. The van der Waals surface area contributed by atoms with Crippen LogP contribution in [-0.2, 0) is 14.3 Å². The lowest BCUT2D eigenvalue weighted by Crippen LogP contribution is -2.45. The van der Waals surface area contributed by atoms with Crippen LogP contribution in [0.5, 0.6) is 0 Å². The highest BCUT2D eigenvalue weighted by molar-refractivity contribution is 5.76. The van der Waals surface area contributed by atoms with Crippen molar-refractivity contribution in [2.75, 3.05) is 13.2 Å². The van der Waals surface area contributed by atoms with E-state index >= 15 is 0 Å². The zero-order valence-corrected chi connectivity index (χ0v) is 52.0. The molecule has 3 N–H and O–H groups in total. The van der Waals surface area contributed by atoms with Crippen LogP contribution in [0.15, 0.2) is 36.5 Å². The van der Waals surface area contributed by atoms with E-state index in [1.165, 1.54) is 302 Å². The van der Waals surface area contributed by atoms with Gasteiger partial charge in [-0.1, -0.05) is 346 Å². The van der Waals surface area contributed by atoms with Gasteiger partial charge in [-0.2, -0.15) is 0 Å². The van der Waals surface area contributed by atoms with E-state index in [-0.39, 0.29) is 18.5 Å². The molecule has 0 aliphatic rings. The van der Waals surface area contributed by atoms with Crippen molar-refractivity contribution in [1.29, 1.82) is 0 Å². The molecule has 6 heteroatoms. The van der Waals surface area contributed by atoms with Gasteiger partial charge >= 0.3 is 5.97 Å². The fourth-order valence-corrected chi connectivity index (χ4v) is 10.9. The van der Waals surface area contributed by atoms with Crippen molar-refractivity contribution in [2.45, 2.75) is 392 Å². The number of ether oxygens (including phenoxy) is 1. The van der Waals surface area contributed by atoms with E-state index in [1.54, 1.807) is 6.08 Å². The number of carbonyl (C=O) groups is 2. The first kappa shape index (κ1) is 75.1. The molecule has 0 aromatic rings.